The van der Waals surface area contributed by atoms with Crippen molar-refractivity contribution in [1.29, 1.82) is 0 Å². The maximum Gasteiger partial charge on any atom is 0.410 e. The van der Waals surface area contributed by atoms with Crippen molar-refractivity contribution in [1.82, 2.24) is 15.2 Å². The zero-order valence-corrected chi connectivity index (χ0v) is 15.7. The second kappa shape index (κ2) is 7.72. The number of carbonyl (C=O) groups is 2. The van der Waals surface area contributed by atoms with Crippen molar-refractivity contribution >= 4 is 17.8 Å². The van der Waals surface area contributed by atoms with Gasteiger partial charge in [0.1, 0.15) is 11.4 Å². The van der Waals surface area contributed by atoms with Crippen LogP contribution in [-0.2, 0) is 4.74 Å². The lowest BCUT2D eigenvalue weighted by Crippen LogP contribution is -2.55. The molecule has 25 heavy (non-hydrogen) atoms. The van der Waals surface area contributed by atoms with E-state index in [0.717, 1.165) is 5.82 Å². The molecule has 2 rings (SSSR count). The molecule has 1 saturated heterocycles. The van der Waals surface area contributed by atoms with Crippen LogP contribution in [0.15, 0.2) is 18.3 Å². The largest absolute Gasteiger partial charge is 0.444 e. The molecule has 0 aromatic carbocycles. The fraction of sp³-hybridized carbons (Fsp3) is 0.611. The fourth-order valence-electron chi connectivity index (χ4n) is 2.73. The standard InChI is InChI=1S/C18H28N4O3/c1-6-19-16(23)14-7-8-15(20-11-14)21-9-10-22(13(2)12-21)17(24)25-18(3,4)5/h7-8,11,13H,6,9-10,12H2,1-5H3,(H,19,23)/t13-/m1/s1. The molecule has 0 aliphatic carbocycles. The van der Waals surface area contributed by atoms with E-state index in [-0.39, 0.29) is 18.0 Å². The summed E-state index contributed by atoms with van der Waals surface area (Å²) >= 11 is 0. The maximum absolute atomic E-state index is 12.3. The van der Waals surface area contributed by atoms with E-state index in [1.165, 1.54) is 0 Å². The second-order valence-corrected chi connectivity index (χ2v) is 7.23. The van der Waals surface area contributed by atoms with Gasteiger partial charge in [-0.15, -0.1) is 0 Å². The SMILES string of the molecule is CCNC(=O)c1ccc(N2CCN(C(=O)OC(C)(C)C)[C@H](C)C2)nc1. The maximum atomic E-state index is 12.3. The molecule has 1 aliphatic heterocycles. The van der Waals surface area contributed by atoms with E-state index in [2.05, 4.69) is 15.2 Å². The molecule has 0 unspecified atom stereocenters. The third kappa shape index (κ3) is 5.08. The highest BCUT2D eigenvalue weighted by atomic mass is 16.6. The number of hydrogen-bond acceptors (Lipinski definition) is 5. The summed E-state index contributed by atoms with van der Waals surface area (Å²) in [6.45, 7) is 12.0. The van der Waals surface area contributed by atoms with Crippen molar-refractivity contribution in [3.63, 3.8) is 0 Å². The molecule has 0 radical (unpaired) electrons. The van der Waals surface area contributed by atoms with Crippen LogP contribution in [0.3, 0.4) is 0 Å². The molecule has 2 amide bonds. The molecular weight excluding hydrogens is 320 g/mol. The number of piperazine rings is 1. The Balaban J connectivity index is 1.98. The molecule has 1 aromatic heterocycles. The van der Waals surface area contributed by atoms with Gasteiger partial charge in [-0.2, -0.15) is 0 Å². The number of amides is 2. The molecular formula is C18H28N4O3. The first kappa shape index (κ1) is 19.0. The van der Waals surface area contributed by atoms with Crippen LogP contribution in [0.25, 0.3) is 0 Å². The Bertz CT molecular complexity index is 610. The molecule has 7 heteroatoms. The Morgan fingerprint density at radius 2 is 2.04 bits per heavy atom. The van der Waals surface area contributed by atoms with Gasteiger partial charge in [0.25, 0.3) is 5.91 Å². The second-order valence-electron chi connectivity index (χ2n) is 7.23. The number of hydrogen-bond donors (Lipinski definition) is 1. The number of rotatable bonds is 3. The van der Waals surface area contributed by atoms with Crippen LogP contribution < -0.4 is 10.2 Å². The van der Waals surface area contributed by atoms with E-state index >= 15 is 0 Å². The first-order chi connectivity index (χ1) is 11.7. The third-order valence-electron chi connectivity index (χ3n) is 3.93. The highest BCUT2D eigenvalue weighted by Gasteiger charge is 2.31. The minimum atomic E-state index is -0.496. The van der Waals surface area contributed by atoms with Gasteiger partial charge in [-0.3, -0.25) is 4.79 Å². The zero-order valence-electron chi connectivity index (χ0n) is 15.7. The van der Waals surface area contributed by atoms with Gasteiger partial charge in [-0.25, -0.2) is 9.78 Å². The average molecular weight is 348 g/mol. The van der Waals surface area contributed by atoms with Crippen molar-refractivity contribution in [2.75, 3.05) is 31.1 Å². The third-order valence-corrected chi connectivity index (χ3v) is 3.93. The van der Waals surface area contributed by atoms with Crippen molar-refractivity contribution in [3.8, 4) is 0 Å². The van der Waals surface area contributed by atoms with Crippen LogP contribution in [-0.4, -0.2) is 59.7 Å². The monoisotopic (exact) mass is 348 g/mol. The number of nitrogens with one attached hydrogen (secondary N) is 1. The summed E-state index contributed by atoms with van der Waals surface area (Å²) in [5.74, 6) is 0.688. The lowest BCUT2D eigenvalue weighted by molar-refractivity contribution is 0.0158. The molecule has 2 heterocycles. The number of aromatic nitrogens is 1. The molecule has 1 atom stereocenters. The number of carbonyl (C=O) groups excluding carboxylic acids is 2. The predicted octanol–water partition coefficient (Wildman–Crippen LogP) is 2.28. The quantitative estimate of drug-likeness (QED) is 0.907. The van der Waals surface area contributed by atoms with Crippen LogP contribution in [0.2, 0.25) is 0 Å². The van der Waals surface area contributed by atoms with Crippen LogP contribution in [0.5, 0.6) is 0 Å². The minimum absolute atomic E-state index is 0.0217. The van der Waals surface area contributed by atoms with Gasteiger partial charge in [0.15, 0.2) is 0 Å². The first-order valence-corrected chi connectivity index (χ1v) is 8.70. The molecule has 1 N–H and O–H groups in total. The molecule has 1 aliphatic rings. The topological polar surface area (TPSA) is 74.8 Å². The average Bonchev–Trinajstić information content (AvgIpc) is 2.53. The molecule has 7 nitrogen and oxygen atoms in total. The lowest BCUT2D eigenvalue weighted by Gasteiger charge is -2.40. The summed E-state index contributed by atoms with van der Waals surface area (Å²) in [7, 11) is 0. The molecule has 0 saturated carbocycles. The van der Waals surface area contributed by atoms with E-state index in [0.29, 0.717) is 31.7 Å². The summed E-state index contributed by atoms with van der Waals surface area (Å²) < 4.78 is 5.46. The van der Waals surface area contributed by atoms with E-state index in [1.807, 2.05) is 40.7 Å². The Labute approximate surface area is 149 Å². The first-order valence-electron chi connectivity index (χ1n) is 8.70. The number of nitrogens with zero attached hydrogens (tertiary/aromatic N) is 3. The van der Waals surface area contributed by atoms with Gasteiger partial charge in [0, 0.05) is 38.4 Å². The van der Waals surface area contributed by atoms with Crippen molar-refractivity contribution in [2.45, 2.75) is 46.3 Å². The molecule has 1 aromatic rings. The summed E-state index contributed by atoms with van der Waals surface area (Å²) in [5.41, 5.74) is 0.0516. The Hall–Kier alpha value is -2.31. The number of anilines is 1. The van der Waals surface area contributed by atoms with Gasteiger partial charge < -0.3 is 19.9 Å². The normalized spacial score (nSPS) is 18.0. The summed E-state index contributed by atoms with van der Waals surface area (Å²) in [6, 6.07) is 3.65. The summed E-state index contributed by atoms with van der Waals surface area (Å²) in [4.78, 5) is 32.3. The van der Waals surface area contributed by atoms with Crippen molar-refractivity contribution in [3.05, 3.63) is 23.9 Å². The Morgan fingerprint density at radius 1 is 1.32 bits per heavy atom. The van der Waals surface area contributed by atoms with Gasteiger partial charge in [0.05, 0.1) is 5.56 Å². The summed E-state index contributed by atoms with van der Waals surface area (Å²) in [5, 5.41) is 2.75. The highest BCUT2D eigenvalue weighted by Crippen LogP contribution is 2.19. The smallest absolute Gasteiger partial charge is 0.410 e. The van der Waals surface area contributed by atoms with Gasteiger partial charge >= 0.3 is 6.09 Å². The number of ether oxygens (including phenoxy) is 1. The molecule has 0 bridgehead atoms. The van der Waals surface area contributed by atoms with E-state index in [1.54, 1.807) is 17.2 Å². The van der Waals surface area contributed by atoms with E-state index in [9.17, 15) is 9.59 Å². The zero-order chi connectivity index (χ0) is 18.6. The Kier molecular flexibility index (Phi) is 5.87. The van der Waals surface area contributed by atoms with Crippen LogP contribution in [0.1, 0.15) is 45.0 Å². The van der Waals surface area contributed by atoms with Crippen molar-refractivity contribution in [2.24, 2.45) is 0 Å². The van der Waals surface area contributed by atoms with Crippen molar-refractivity contribution < 1.29 is 14.3 Å². The fourth-order valence-corrected chi connectivity index (χ4v) is 2.73. The lowest BCUT2D eigenvalue weighted by atomic mass is 10.2. The molecule has 138 valence electrons. The van der Waals surface area contributed by atoms with Gasteiger partial charge in [0.2, 0.25) is 0 Å². The van der Waals surface area contributed by atoms with Crippen LogP contribution >= 0.6 is 0 Å². The predicted molar refractivity (Wildman–Crippen MR) is 96.9 cm³/mol. The van der Waals surface area contributed by atoms with E-state index in [4.69, 9.17) is 4.74 Å². The minimum Gasteiger partial charge on any atom is -0.444 e. The van der Waals surface area contributed by atoms with Crippen LogP contribution in [0, 0.1) is 0 Å². The van der Waals surface area contributed by atoms with Gasteiger partial charge in [-0.05, 0) is 46.8 Å². The van der Waals surface area contributed by atoms with Crippen LogP contribution in [0.4, 0.5) is 10.6 Å². The molecule has 0 spiro atoms. The molecule has 1 fully saturated rings. The summed E-state index contributed by atoms with van der Waals surface area (Å²) in [6.07, 6.45) is 1.31. The highest BCUT2D eigenvalue weighted by molar-refractivity contribution is 5.94. The van der Waals surface area contributed by atoms with Gasteiger partial charge in [-0.1, -0.05) is 0 Å². The Morgan fingerprint density at radius 3 is 2.56 bits per heavy atom. The van der Waals surface area contributed by atoms with E-state index < -0.39 is 5.60 Å². The number of pyridine rings is 1.